The van der Waals surface area contributed by atoms with Crippen LogP contribution in [0.25, 0.3) is 0 Å². The molecule has 0 atom stereocenters. The van der Waals surface area contributed by atoms with Gasteiger partial charge < -0.3 is 14.5 Å². The maximum Gasteiger partial charge on any atom is 0.213 e. The van der Waals surface area contributed by atoms with Crippen molar-refractivity contribution in [3.63, 3.8) is 0 Å². The molecule has 84 valence electrons. The van der Waals surface area contributed by atoms with Crippen molar-refractivity contribution >= 4 is 0 Å². The van der Waals surface area contributed by atoms with Crippen molar-refractivity contribution in [2.45, 2.75) is 13.1 Å². The van der Waals surface area contributed by atoms with Gasteiger partial charge in [0.1, 0.15) is 0 Å². The zero-order valence-corrected chi connectivity index (χ0v) is 9.14. The van der Waals surface area contributed by atoms with Gasteiger partial charge in [0.25, 0.3) is 0 Å². The van der Waals surface area contributed by atoms with Crippen molar-refractivity contribution in [2.75, 3.05) is 7.11 Å². The first-order valence-corrected chi connectivity index (χ1v) is 5.10. The fraction of sp³-hybridized carbons (Fsp3) is 0.250. The first kappa shape index (κ1) is 10.7. The van der Waals surface area contributed by atoms with Gasteiger partial charge in [-0.2, -0.15) is 0 Å². The number of nitrogens with zero attached hydrogens (tertiary/aromatic N) is 1. The second kappa shape index (κ2) is 5.32. The van der Waals surface area contributed by atoms with Crippen molar-refractivity contribution < 1.29 is 9.15 Å². The lowest BCUT2D eigenvalue weighted by Gasteiger charge is -2.04. The molecule has 0 saturated carbocycles. The van der Waals surface area contributed by atoms with Crippen LogP contribution in [0.4, 0.5) is 0 Å². The highest BCUT2D eigenvalue weighted by Crippen LogP contribution is 2.06. The van der Waals surface area contributed by atoms with E-state index < -0.39 is 0 Å². The van der Waals surface area contributed by atoms with Crippen LogP contribution in [-0.4, -0.2) is 12.1 Å². The Morgan fingerprint density at radius 1 is 1.31 bits per heavy atom. The predicted octanol–water partition coefficient (Wildman–Crippen LogP) is 1.97. The van der Waals surface area contributed by atoms with Gasteiger partial charge in [0.2, 0.25) is 5.88 Å². The third-order valence-electron chi connectivity index (χ3n) is 2.21. The van der Waals surface area contributed by atoms with E-state index in [0.29, 0.717) is 12.4 Å². The van der Waals surface area contributed by atoms with Crippen LogP contribution in [0.5, 0.6) is 5.88 Å². The Morgan fingerprint density at radius 3 is 3.00 bits per heavy atom. The van der Waals surface area contributed by atoms with Gasteiger partial charge >= 0.3 is 0 Å². The van der Waals surface area contributed by atoms with Gasteiger partial charge in [-0.15, -0.1) is 0 Å². The monoisotopic (exact) mass is 218 g/mol. The first-order chi connectivity index (χ1) is 7.88. The summed E-state index contributed by atoms with van der Waals surface area (Å²) in [6, 6.07) is 7.66. The highest BCUT2D eigenvalue weighted by atomic mass is 16.5. The van der Waals surface area contributed by atoms with Crippen LogP contribution >= 0.6 is 0 Å². The smallest absolute Gasteiger partial charge is 0.213 e. The molecule has 0 aliphatic heterocycles. The lowest BCUT2D eigenvalue weighted by Crippen LogP contribution is -2.13. The first-order valence-electron chi connectivity index (χ1n) is 5.10. The Labute approximate surface area is 94.3 Å². The van der Waals surface area contributed by atoms with Crippen LogP contribution < -0.4 is 10.1 Å². The molecule has 0 amide bonds. The van der Waals surface area contributed by atoms with Crippen LogP contribution in [0.1, 0.15) is 11.3 Å². The number of furan rings is 1. The van der Waals surface area contributed by atoms with Gasteiger partial charge in [-0.05, 0) is 12.1 Å². The minimum atomic E-state index is 0.641. The molecule has 2 heterocycles. The average Bonchev–Trinajstić information content (AvgIpc) is 2.82. The Morgan fingerprint density at radius 2 is 2.25 bits per heavy atom. The molecule has 0 aromatic carbocycles. The third kappa shape index (κ3) is 2.84. The maximum atomic E-state index is 5.05. The minimum Gasteiger partial charge on any atom is -0.481 e. The van der Waals surface area contributed by atoms with E-state index >= 15 is 0 Å². The number of ether oxygens (including phenoxy) is 1. The van der Waals surface area contributed by atoms with E-state index in [4.69, 9.17) is 9.15 Å². The number of hydrogen-bond donors (Lipinski definition) is 1. The van der Waals surface area contributed by atoms with Crippen LogP contribution in [0.2, 0.25) is 0 Å². The van der Waals surface area contributed by atoms with Gasteiger partial charge in [0.05, 0.1) is 25.3 Å². The predicted molar refractivity (Wildman–Crippen MR) is 60.0 cm³/mol. The molecule has 0 fully saturated rings. The fourth-order valence-electron chi connectivity index (χ4n) is 1.40. The quantitative estimate of drug-likeness (QED) is 0.833. The van der Waals surface area contributed by atoms with Crippen molar-refractivity contribution in [3.8, 4) is 5.88 Å². The topological polar surface area (TPSA) is 47.3 Å². The summed E-state index contributed by atoms with van der Waals surface area (Å²) in [6.45, 7) is 1.48. The van der Waals surface area contributed by atoms with Crippen molar-refractivity contribution in [3.05, 3.63) is 48.0 Å². The van der Waals surface area contributed by atoms with E-state index in [0.717, 1.165) is 17.8 Å². The number of pyridine rings is 1. The van der Waals surface area contributed by atoms with Crippen LogP contribution in [0.15, 0.2) is 41.2 Å². The summed E-state index contributed by atoms with van der Waals surface area (Å²) in [5.74, 6) is 0.641. The summed E-state index contributed by atoms with van der Waals surface area (Å²) in [6.07, 6.45) is 3.40. The number of hydrogen-bond acceptors (Lipinski definition) is 4. The van der Waals surface area contributed by atoms with E-state index in [1.807, 2.05) is 24.3 Å². The fourth-order valence-corrected chi connectivity index (χ4v) is 1.40. The van der Waals surface area contributed by atoms with Gasteiger partial charge in [0.15, 0.2) is 0 Å². The number of rotatable bonds is 5. The molecule has 0 aliphatic carbocycles. The summed E-state index contributed by atoms with van der Waals surface area (Å²) in [4.78, 5) is 4.30. The van der Waals surface area contributed by atoms with Crippen LogP contribution in [-0.2, 0) is 13.1 Å². The standard InChI is InChI=1S/C12H14N2O2/c1-15-12-4-2-3-11(14-12)8-13-7-10-5-6-16-9-10/h2-6,9,13H,7-8H2,1H3. The summed E-state index contributed by atoms with van der Waals surface area (Å²) in [7, 11) is 1.62. The number of nitrogens with one attached hydrogen (secondary N) is 1. The molecular weight excluding hydrogens is 204 g/mol. The third-order valence-corrected chi connectivity index (χ3v) is 2.21. The van der Waals surface area contributed by atoms with Crippen LogP contribution in [0.3, 0.4) is 0 Å². The zero-order chi connectivity index (χ0) is 11.2. The molecule has 1 N–H and O–H groups in total. The summed E-state index contributed by atoms with van der Waals surface area (Å²) in [5, 5.41) is 3.28. The Balaban J connectivity index is 1.85. The van der Waals surface area contributed by atoms with Gasteiger partial charge in [-0.25, -0.2) is 4.98 Å². The van der Waals surface area contributed by atoms with Crippen molar-refractivity contribution in [1.29, 1.82) is 0 Å². The Kier molecular flexibility index (Phi) is 3.56. The van der Waals surface area contributed by atoms with E-state index in [1.165, 1.54) is 0 Å². The summed E-state index contributed by atoms with van der Waals surface area (Å²) in [5.41, 5.74) is 2.09. The van der Waals surface area contributed by atoms with E-state index in [1.54, 1.807) is 19.6 Å². The van der Waals surface area contributed by atoms with Gasteiger partial charge in [-0.3, -0.25) is 0 Å². The van der Waals surface area contributed by atoms with Gasteiger partial charge in [-0.1, -0.05) is 6.07 Å². The lowest BCUT2D eigenvalue weighted by atomic mass is 10.3. The van der Waals surface area contributed by atoms with Crippen LogP contribution in [0, 0.1) is 0 Å². The maximum absolute atomic E-state index is 5.05. The normalized spacial score (nSPS) is 10.3. The second-order valence-electron chi connectivity index (χ2n) is 3.41. The molecule has 4 heteroatoms. The molecule has 0 bridgehead atoms. The minimum absolute atomic E-state index is 0.641. The summed E-state index contributed by atoms with van der Waals surface area (Å²) < 4.78 is 10.0. The van der Waals surface area contributed by atoms with Crippen molar-refractivity contribution in [1.82, 2.24) is 10.3 Å². The Bertz CT molecular complexity index is 426. The largest absolute Gasteiger partial charge is 0.481 e. The molecule has 2 rings (SSSR count). The van der Waals surface area contributed by atoms with E-state index in [-0.39, 0.29) is 0 Å². The number of methoxy groups -OCH3 is 1. The molecule has 0 unspecified atom stereocenters. The lowest BCUT2D eigenvalue weighted by molar-refractivity contribution is 0.395. The Hall–Kier alpha value is -1.81. The SMILES string of the molecule is COc1cccc(CNCc2ccoc2)n1. The summed E-state index contributed by atoms with van der Waals surface area (Å²) >= 11 is 0. The van der Waals surface area contributed by atoms with E-state index in [2.05, 4.69) is 10.3 Å². The molecular formula is C12H14N2O2. The molecule has 16 heavy (non-hydrogen) atoms. The molecule has 2 aromatic rings. The average molecular weight is 218 g/mol. The highest BCUT2D eigenvalue weighted by Gasteiger charge is 1.98. The molecule has 4 nitrogen and oxygen atoms in total. The molecule has 0 aliphatic rings. The molecule has 0 spiro atoms. The highest BCUT2D eigenvalue weighted by molar-refractivity contribution is 5.15. The zero-order valence-electron chi connectivity index (χ0n) is 9.14. The number of aromatic nitrogens is 1. The van der Waals surface area contributed by atoms with Gasteiger partial charge in [0, 0.05) is 24.7 Å². The van der Waals surface area contributed by atoms with E-state index in [9.17, 15) is 0 Å². The molecule has 0 radical (unpaired) electrons. The second-order valence-corrected chi connectivity index (χ2v) is 3.41. The van der Waals surface area contributed by atoms with Crippen molar-refractivity contribution in [2.24, 2.45) is 0 Å². The molecule has 0 saturated heterocycles. The molecule has 2 aromatic heterocycles.